The second kappa shape index (κ2) is 6.86. The molecule has 2 heterocycles. The lowest BCUT2D eigenvalue weighted by atomic mass is 9.83. The van der Waals surface area contributed by atoms with Gasteiger partial charge in [0.2, 0.25) is 17.6 Å². The van der Waals surface area contributed by atoms with Crippen molar-refractivity contribution in [2.75, 3.05) is 20.2 Å². The Morgan fingerprint density at radius 2 is 1.88 bits per heavy atom. The Balaban J connectivity index is 1.38. The molecule has 6 nitrogen and oxygen atoms in total. The van der Waals surface area contributed by atoms with Crippen LogP contribution in [0.25, 0.3) is 11.4 Å². The summed E-state index contributed by atoms with van der Waals surface area (Å²) in [6, 6.07) is 7.62. The van der Waals surface area contributed by atoms with E-state index < -0.39 is 0 Å². The summed E-state index contributed by atoms with van der Waals surface area (Å²) in [5.41, 5.74) is 0.911. The van der Waals surface area contributed by atoms with Crippen molar-refractivity contribution < 1.29 is 14.1 Å². The first-order valence-corrected chi connectivity index (χ1v) is 9.01. The van der Waals surface area contributed by atoms with Crippen LogP contribution in [0.5, 0.6) is 5.75 Å². The van der Waals surface area contributed by atoms with E-state index in [0.29, 0.717) is 17.6 Å². The average molecular weight is 341 g/mol. The molecule has 1 saturated carbocycles. The van der Waals surface area contributed by atoms with E-state index in [1.807, 2.05) is 29.2 Å². The van der Waals surface area contributed by atoms with Crippen LogP contribution < -0.4 is 4.74 Å². The molecule has 132 valence electrons. The summed E-state index contributed by atoms with van der Waals surface area (Å²) >= 11 is 0. The lowest BCUT2D eigenvalue weighted by Gasteiger charge is -2.35. The molecule has 1 amide bonds. The van der Waals surface area contributed by atoms with Crippen LogP contribution in [0.4, 0.5) is 0 Å². The Morgan fingerprint density at radius 1 is 1.16 bits per heavy atom. The highest BCUT2D eigenvalue weighted by Gasteiger charge is 2.33. The van der Waals surface area contributed by atoms with E-state index in [4.69, 9.17) is 9.26 Å². The highest BCUT2D eigenvalue weighted by molar-refractivity contribution is 5.79. The molecular formula is C19H23N3O3. The van der Waals surface area contributed by atoms with Crippen molar-refractivity contribution in [2.24, 2.45) is 5.92 Å². The zero-order valence-corrected chi connectivity index (χ0v) is 14.5. The highest BCUT2D eigenvalue weighted by atomic mass is 16.5. The van der Waals surface area contributed by atoms with E-state index in [9.17, 15) is 4.79 Å². The summed E-state index contributed by atoms with van der Waals surface area (Å²) in [5, 5.41) is 4.11. The summed E-state index contributed by atoms with van der Waals surface area (Å²) in [7, 11) is 1.64. The molecule has 25 heavy (non-hydrogen) atoms. The second-order valence-corrected chi connectivity index (χ2v) is 6.91. The number of benzene rings is 1. The number of nitrogens with zero attached hydrogens (tertiary/aromatic N) is 3. The number of rotatable bonds is 4. The lowest BCUT2D eigenvalue weighted by molar-refractivity contribution is -0.139. The summed E-state index contributed by atoms with van der Waals surface area (Å²) in [6.45, 7) is 1.58. The molecule has 0 bridgehead atoms. The van der Waals surface area contributed by atoms with Crippen molar-refractivity contribution >= 4 is 5.91 Å². The molecule has 2 aromatic rings. The third kappa shape index (κ3) is 3.25. The first kappa shape index (κ1) is 16.1. The van der Waals surface area contributed by atoms with Crippen LogP contribution >= 0.6 is 0 Å². The van der Waals surface area contributed by atoms with Gasteiger partial charge in [-0.2, -0.15) is 4.98 Å². The molecule has 2 aliphatic rings. The van der Waals surface area contributed by atoms with Gasteiger partial charge in [0.1, 0.15) is 5.75 Å². The van der Waals surface area contributed by atoms with Gasteiger partial charge < -0.3 is 14.2 Å². The van der Waals surface area contributed by atoms with Gasteiger partial charge >= 0.3 is 0 Å². The second-order valence-electron chi connectivity index (χ2n) is 6.91. The molecule has 1 aromatic carbocycles. The van der Waals surface area contributed by atoms with E-state index in [1.54, 1.807) is 7.11 Å². The number of methoxy groups -OCH3 is 1. The van der Waals surface area contributed by atoms with Crippen molar-refractivity contribution in [2.45, 2.75) is 38.0 Å². The Bertz CT molecular complexity index is 729. The minimum Gasteiger partial charge on any atom is -0.497 e. The van der Waals surface area contributed by atoms with Gasteiger partial charge in [0.25, 0.3) is 0 Å². The molecule has 1 saturated heterocycles. The minimum absolute atomic E-state index is 0.241. The van der Waals surface area contributed by atoms with Crippen molar-refractivity contribution in [3.8, 4) is 17.1 Å². The maximum Gasteiger partial charge on any atom is 0.230 e. The molecule has 0 radical (unpaired) electrons. The van der Waals surface area contributed by atoms with Crippen LogP contribution in [0, 0.1) is 5.92 Å². The van der Waals surface area contributed by atoms with Crippen LogP contribution in [-0.2, 0) is 4.79 Å². The summed E-state index contributed by atoms with van der Waals surface area (Å²) in [5.74, 6) is 2.95. The fourth-order valence-corrected chi connectivity index (χ4v) is 3.52. The normalized spacial score (nSPS) is 18.8. The molecule has 1 aliphatic carbocycles. The van der Waals surface area contributed by atoms with Gasteiger partial charge in [0.15, 0.2) is 0 Å². The van der Waals surface area contributed by atoms with Gasteiger partial charge in [-0.1, -0.05) is 11.6 Å². The highest BCUT2D eigenvalue weighted by Crippen LogP contribution is 2.33. The summed E-state index contributed by atoms with van der Waals surface area (Å²) in [6.07, 6.45) is 5.11. The topological polar surface area (TPSA) is 68.5 Å². The van der Waals surface area contributed by atoms with Crippen molar-refractivity contribution in [1.82, 2.24) is 15.0 Å². The summed E-state index contributed by atoms with van der Waals surface area (Å²) < 4.78 is 10.7. The number of amides is 1. The molecule has 0 N–H and O–H groups in total. The molecule has 0 unspecified atom stereocenters. The molecule has 6 heteroatoms. The maximum absolute atomic E-state index is 12.3. The molecule has 0 spiro atoms. The number of likely N-dealkylation sites (tertiary alicyclic amines) is 1. The van der Waals surface area contributed by atoms with Crippen LogP contribution in [0.15, 0.2) is 28.8 Å². The van der Waals surface area contributed by atoms with E-state index in [-0.39, 0.29) is 11.8 Å². The number of piperidine rings is 1. The Morgan fingerprint density at radius 3 is 2.48 bits per heavy atom. The standard InChI is InChI=1S/C19H23N3O3/c1-24-16-7-5-13(6-8-16)17-20-18(25-21-17)14-9-11-22(12-10-14)19(23)15-3-2-4-15/h5-8,14-15H,2-4,9-12H2,1H3. The molecule has 1 aromatic heterocycles. The number of carbonyl (C=O) groups is 1. The van der Waals surface area contributed by atoms with Gasteiger partial charge in [-0.15, -0.1) is 0 Å². The molecule has 4 rings (SSSR count). The minimum atomic E-state index is 0.241. The van der Waals surface area contributed by atoms with Crippen LogP contribution in [0.3, 0.4) is 0 Å². The molecule has 1 aliphatic heterocycles. The Hall–Kier alpha value is -2.37. The largest absolute Gasteiger partial charge is 0.497 e. The van der Waals surface area contributed by atoms with E-state index in [1.165, 1.54) is 6.42 Å². The number of hydrogen-bond donors (Lipinski definition) is 0. The van der Waals surface area contributed by atoms with Crippen LogP contribution in [0.1, 0.15) is 43.9 Å². The van der Waals surface area contributed by atoms with Gasteiger partial charge in [-0.25, -0.2) is 0 Å². The van der Waals surface area contributed by atoms with Gasteiger partial charge in [-0.3, -0.25) is 4.79 Å². The predicted octanol–water partition coefficient (Wildman–Crippen LogP) is 3.25. The quantitative estimate of drug-likeness (QED) is 0.854. The number of ether oxygens (including phenoxy) is 1. The van der Waals surface area contributed by atoms with Crippen molar-refractivity contribution in [3.63, 3.8) is 0 Å². The number of carbonyl (C=O) groups excluding carboxylic acids is 1. The van der Waals surface area contributed by atoms with E-state index >= 15 is 0 Å². The fraction of sp³-hybridized carbons (Fsp3) is 0.526. The first-order valence-electron chi connectivity index (χ1n) is 9.01. The Labute approximate surface area is 147 Å². The molecule has 2 fully saturated rings. The third-order valence-electron chi connectivity index (χ3n) is 5.40. The number of hydrogen-bond acceptors (Lipinski definition) is 5. The Kier molecular flexibility index (Phi) is 4.42. The predicted molar refractivity (Wildman–Crippen MR) is 92.2 cm³/mol. The molecular weight excluding hydrogens is 318 g/mol. The smallest absolute Gasteiger partial charge is 0.230 e. The van der Waals surface area contributed by atoms with E-state index in [0.717, 1.165) is 50.1 Å². The van der Waals surface area contributed by atoms with E-state index in [2.05, 4.69) is 10.1 Å². The monoisotopic (exact) mass is 341 g/mol. The van der Waals surface area contributed by atoms with Crippen molar-refractivity contribution in [3.05, 3.63) is 30.2 Å². The van der Waals surface area contributed by atoms with Gasteiger partial charge in [0.05, 0.1) is 7.11 Å². The summed E-state index contributed by atoms with van der Waals surface area (Å²) in [4.78, 5) is 18.9. The first-order chi connectivity index (χ1) is 12.2. The zero-order valence-electron chi connectivity index (χ0n) is 14.5. The maximum atomic E-state index is 12.3. The van der Waals surface area contributed by atoms with Gasteiger partial charge in [-0.05, 0) is 49.9 Å². The lowest BCUT2D eigenvalue weighted by Crippen LogP contribution is -2.43. The van der Waals surface area contributed by atoms with Gasteiger partial charge in [0, 0.05) is 30.5 Å². The molecule has 0 atom stereocenters. The number of aromatic nitrogens is 2. The van der Waals surface area contributed by atoms with Crippen LogP contribution in [-0.4, -0.2) is 41.1 Å². The SMILES string of the molecule is COc1ccc(-c2noc(C3CCN(C(=O)C4CCC4)CC3)n2)cc1. The average Bonchev–Trinajstić information content (AvgIpc) is 3.10. The van der Waals surface area contributed by atoms with Crippen LogP contribution in [0.2, 0.25) is 0 Å². The third-order valence-corrected chi connectivity index (χ3v) is 5.40. The van der Waals surface area contributed by atoms with Crippen molar-refractivity contribution in [1.29, 1.82) is 0 Å². The fourth-order valence-electron chi connectivity index (χ4n) is 3.52. The zero-order chi connectivity index (χ0) is 17.2.